The predicted molar refractivity (Wildman–Crippen MR) is 222 cm³/mol. The molecule has 2 aromatic heterocycles. The number of hydrogen-bond donors (Lipinski definition) is 3. The maximum Gasteiger partial charge on any atom is 0.459 e. The normalized spacial score (nSPS) is 19.4. The molecule has 1 saturated heterocycles. The lowest BCUT2D eigenvalue weighted by Crippen LogP contribution is -2.43. The highest BCUT2D eigenvalue weighted by molar-refractivity contribution is 7.52. The first-order valence-corrected chi connectivity index (χ1v) is 22.8. The molecule has 1 fully saturated rings. The Balaban J connectivity index is 1.19. The van der Waals surface area contributed by atoms with Gasteiger partial charge in [0.05, 0.1) is 25.6 Å². The molecular formula is C43H60F3N6O7P. The average Bonchev–Trinajstić information content (AvgIpc) is 3.76. The van der Waals surface area contributed by atoms with Crippen molar-refractivity contribution in [3.8, 4) is 5.75 Å². The monoisotopic (exact) mass is 860 g/mol. The van der Waals surface area contributed by atoms with Gasteiger partial charge in [0.25, 0.3) is 0 Å². The third kappa shape index (κ3) is 14.3. The van der Waals surface area contributed by atoms with Crippen molar-refractivity contribution in [1.82, 2.24) is 24.6 Å². The first kappa shape index (κ1) is 47.0. The number of aliphatic hydroxyl groups excluding tert-OH is 1. The lowest BCUT2D eigenvalue weighted by molar-refractivity contribution is -0.146. The van der Waals surface area contributed by atoms with Crippen LogP contribution >= 0.6 is 7.75 Å². The number of halogens is 3. The number of esters is 1. The fourth-order valence-electron chi connectivity index (χ4n) is 7.31. The van der Waals surface area contributed by atoms with Crippen LogP contribution in [-0.4, -0.2) is 61.6 Å². The third-order valence-electron chi connectivity index (χ3n) is 10.7. The van der Waals surface area contributed by atoms with Gasteiger partial charge in [0.15, 0.2) is 17.0 Å². The standard InChI is InChI=1S/C43H60F3N6O7P/c1-3-4-5-6-7-8-9-10-11-12-13-14-15-16-20-23-56-41(54)35(26-31-24-32(44)27-33(45)25-31)51-60(55,59-34-21-18-17-19-22-34)57-29-43(2)36(53)28-37(58-43)52-30-48-38-39(47)49-42(46)50-40(38)52/h17-19,21-22,24-25,27,30,35-37,53H,3-16,20,23,26,28-29H2,1-2H3,(H,51,55)(H2,47,49,50)/t35-,36-,37+,43+,60-/m0/s1. The zero-order chi connectivity index (χ0) is 43.0. The second-order valence-electron chi connectivity index (χ2n) is 15.8. The van der Waals surface area contributed by atoms with Crippen molar-refractivity contribution < 1.29 is 46.2 Å². The Labute approximate surface area is 350 Å². The lowest BCUT2D eigenvalue weighted by Gasteiger charge is -2.31. The van der Waals surface area contributed by atoms with Crippen LogP contribution in [0.25, 0.3) is 11.2 Å². The van der Waals surface area contributed by atoms with Crippen molar-refractivity contribution in [1.29, 1.82) is 0 Å². The summed E-state index contributed by atoms with van der Waals surface area (Å²) in [5, 5.41) is 13.9. The molecule has 0 bridgehead atoms. The number of carbonyl (C=O) groups excluding carboxylic acids is 1. The van der Waals surface area contributed by atoms with Crippen molar-refractivity contribution in [3.05, 3.63) is 78.1 Å². The molecule has 4 aromatic rings. The number of nitrogen functional groups attached to an aromatic ring is 1. The van der Waals surface area contributed by atoms with E-state index in [1.54, 1.807) is 18.2 Å². The summed E-state index contributed by atoms with van der Waals surface area (Å²) in [5.74, 6) is -2.58. The fourth-order valence-corrected chi connectivity index (χ4v) is 8.89. The molecular weight excluding hydrogens is 800 g/mol. The highest BCUT2D eigenvalue weighted by Crippen LogP contribution is 2.48. The van der Waals surface area contributed by atoms with Gasteiger partial charge >= 0.3 is 19.8 Å². The summed E-state index contributed by atoms with van der Waals surface area (Å²) >= 11 is 0. The van der Waals surface area contributed by atoms with Gasteiger partial charge in [-0.25, -0.2) is 18.3 Å². The zero-order valence-electron chi connectivity index (χ0n) is 34.7. The molecule has 1 aliphatic rings. The van der Waals surface area contributed by atoms with E-state index in [9.17, 15) is 27.6 Å². The van der Waals surface area contributed by atoms with E-state index in [-0.39, 0.29) is 47.7 Å². The Hall–Kier alpha value is -4.08. The summed E-state index contributed by atoms with van der Waals surface area (Å²) in [4.78, 5) is 25.1. The fraction of sp³-hybridized carbons (Fsp3) is 0.581. The van der Waals surface area contributed by atoms with E-state index in [0.29, 0.717) is 12.5 Å². The molecule has 60 heavy (non-hydrogen) atoms. The van der Waals surface area contributed by atoms with Gasteiger partial charge in [-0.1, -0.05) is 115 Å². The van der Waals surface area contributed by atoms with Crippen LogP contribution in [0.5, 0.6) is 5.75 Å². The van der Waals surface area contributed by atoms with Crippen LogP contribution in [0.15, 0.2) is 54.9 Å². The van der Waals surface area contributed by atoms with Crippen molar-refractivity contribution in [2.45, 2.75) is 147 Å². The van der Waals surface area contributed by atoms with Gasteiger partial charge in [0, 0.05) is 12.5 Å². The largest absolute Gasteiger partial charge is 0.465 e. The van der Waals surface area contributed by atoms with Crippen LogP contribution in [-0.2, 0) is 29.8 Å². The highest BCUT2D eigenvalue weighted by Gasteiger charge is 2.48. The van der Waals surface area contributed by atoms with Crippen LogP contribution < -0.4 is 15.3 Å². The van der Waals surface area contributed by atoms with Gasteiger partial charge in [0.1, 0.15) is 35.3 Å². The number of hydrogen-bond acceptors (Lipinski definition) is 11. The highest BCUT2D eigenvalue weighted by atomic mass is 31.2. The molecule has 3 heterocycles. The van der Waals surface area contributed by atoms with Crippen molar-refractivity contribution in [2.24, 2.45) is 0 Å². The summed E-state index contributed by atoms with van der Waals surface area (Å²) in [6.45, 7) is 3.31. The molecule has 0 amide bonds. The quantitative estimate of drug-likeness (QED) is 0.0225. The Bertz CT molecular complexity index is 1980. The molecule has 0 spiro atoms. The molecule has 2 aromatic carbocycles. The molecule has 1 aliphatic heterocycles. The smallest absolute Gasteiger partial charge is 0.459 e. The van der Waals surface area contributed by atoms with E-state index in [1.165, 1.54) is 94.2 Å². The summed E-state index contributed by atoms with van der Waals surface area (Å²) in [6.07, 6.45) is 15.5. The minimum absolute atomic E-state index is 0.0203. The number of anilines is 1. The van der Waals surface area contributed by atoms with Crippen molar-refractivity contribution >= 4 is 30.7 Å². The maximum atomic E-state index is 14.7. The van der Waals surface area contributed by atoms with Crippen molar-refractivity contribution in [2.75, 3.05) is 18.9 Å². The lowest BCUT2D eigenvalue weighted by atomic mass is 10.0. The van der Waals surface area contributed by atoms with E-state index in [2.05, 4.69) is 27.0 Å². The number of unbranched alkanes of at least 4 members (excludes halogenated alkanes) is 14. The average molecular weight is 861 g/mol. The summed E-state index contributed by atoms with van der Waals surface area (Å²) in [5.41, 5.74) is 4.57. The van der Waals surface area contributed by atoms with Gasteiger partial charge in [-0.2, -0.15) is 19.4 Å². The Morgan fingerprint density at radius 1 is 0.950 bits per heavy atom. The zero-order valence-corrected chi connectivity index (χ0v) is 35.6. The van der Waals surface area contributed by atoms with Gasteiger partial charge in [-0.3, -0.25) is 13.9 Å². The van der Waals surface area contributed by atoms with E-state index < -0.39 is 62.0 Å². The molecule has 0 saturated carbocycles. The van der Waals surface area contributed by atoms with Crippen LogP contribution in [0.1, 0.15) is 128 Å². The number of nitrogens with one attached hydrogen (secondary N) is 1. The number of nitrogens with zero attached hydrogens (tertiary/aromatic N) is 4. The Kier molecular flexibility index (Phi) is 18.2. The number of rotatable bonds is 27. The van der Waals surface area contributed by atoms with E-state index in [0.717, 1.165) is 37.8 Å². The number of aromatic nitrogens is 4. The molecule has 17 heteroatoms. The molecule has 330 valence electrons. The maximum absolute atomic E-state index is 14.7. The first-order chi connectivity index (χ1) is 28.9. The minimum Gasteiger partial charge on any atom is -0.465 e. The van der Waals surface area contributed by atoms with Crippen LogP contribution in [0.3, 0.4) is 0 Å². The second kappa shape index (κ2) is 23.2. The number of benzene rings is 2. The summed E-state index contributed by atoms with van der Waals surface area (Å²) in [7, 11) is -4.58. The number of para-hydroxylation sites is 1. The number of nitrogens with two attached hydrogens (primary N) is 1. The molecule has 13 nitrogen and oxygen atoms in total. The van der Waals surface area contributed by atoms with Gasteiger partial charge in [-0.05, 0) is 49.6 Å². The van der Waals surface area contributed by atoms with Gasteiger partial charge in [-0.15, -0.1) is 0 Å². The third-order valence-corrected chi connectivity index (χ3v) is 12.3. The van der Waals surface area contributed by atoms with Crippen LogP contribution in [0, 0.1) is 17.7 Å². The predicted octanol–water partition coefficient (Wildman–Crippen LogP) is 9.68. The van der Waals surface area contributed by atoms with Gasteiger partial charge < -0.3 is 24.8 Å². The first-order valence-electron chi connectivity index (χ1n) is 21.3. The van der Waals surface area contributed by atoms with E-state index >= 15 is 0 Å². The number of imidazole rings is 1. The summed E-state index contributed by atoms with van der Waals surface area (Å²) in [6, 6.07) is 9.46. The number of aliphatic hydroxyl groups is 1. The Morgan fingerprint density at radius 2 is 1.55 bits per heavy atom. The molecule has 4 N–H and O–H groups in total. The molecule has 0 radical (unpaired) electrons. The van der Waals surface area contributed by atoms with E-state index in [4.69, 9.17) is 24.3 Å². The van der Waals surface area contributed by atoms with Crippen molar-refractivity contribution in [3.63, 3.8) is 0 Å². The number of carbonyl (C=O) groups is 1. The number of fused-ring (bicyclic) bond motifs is 1. The molecule has 0 aliphatic carbocycles. The SMILES string of the molecule is CCCCCCCCCCCCCCCCCOC(=O)[C@H](Cc1cc(F)cc(F)c1)N[P@](=O)(OC[C@@]1(C)O[C@@H](n2cnc3c(N)nc(F)nc32)C[C@@H]1O)Oc1ccccc1. The molecule has 5 rings (SSSR count). The second-order valence-corrected chi connectivity index (χ2v) is 17.5. The minimum atomic E-state index is -4.58. The topological polar surface area (TPSA) is 173 Å². The summed E-state index contributed by atoms with van der Waals surface area (Å²) < 4.78 is 82.4. The van der Waals surface area contributed by atoms with Crippen LogP contribution in [0.4, 0.5) is 19.0 Å². The molecule has 5 atom stereocenters. The van der Waals surface area contributed by atoms with E-state index in [1.807, 2.05) is 0 Å². The number of ether oxygens (including phenoxy) is 2. The molecule has 0 unspecified atom stereocenters. The van der Waals surface area contributed by atoms with Crippen LogP contribution in [0.2, 0.25) is 0 Å². The van der Waals surface area contributed by atoms with Gasteiger partial charge in [0.2, 0.25) is 0 Å². The Morgan fingerprint density at radius 3 is 2.17 bits per heavy atom.